The van der Waals surface area contributed by atoms with Gasteiger partial charge < -0.3 is 4.98 Å². The fourth-order valence-corrected chi connectivity index (χ4v) is 2.86. The number of aromatic nitrogens is 1. The molecule has 1 aliphatic carbocycles. The molecule has 1 aromatic heterocycles. The molecule has 14 heavy (non-hydrogen) atoms. The molecule has 2 heteroatoms. The zero-order valence-corrected chi connectivity index (χ0v) is 9.34. The highest BCUT2D eigenvalue weighted by Gasteiger charge is 2.21. The van der Waals surface area contributed by atoms with Gasteiger partial charge in [-0.05, 0) is 30.9 Å². The molecule has 0 saturated heterocycles. The van der Waals surface area contributed by atoms with Gasteiger partial charge >= 0.3 is 0 Å². The molecule has 1 aromatic carbocycles. The average Bonchev–Trinajstić information content (AvgIpc) is 2.59. The van der Waals surface area contributed by atoms with Crippen LogP contribution in [0, 0.1) is 6.42 Å². The van der Waals surface area contributed by atoms with Crippen LogP contribution in [0.4, 0.5) is 0 Å². The molecule has 1 nitrogen and oxygen atoms in total. The van der Waals surface area contributed by atoms with Crippen LogP contribution in [0.25, 0.3) is 10.9 Å². The molecular formula is C12H11BrN. The van der Waals surface area contributed by atoms with E-state index >= 15 is 0 Å². The van der Waals surface area contributed by atoms with E-state index < -0.39 is 0 Å². The van der Waals surface area contributed by atoms with Gasteiger partial charge in [-0.2, -0.15) is 0 Å². The third-order valence-corrected chi connectivity index (χ3v) is 3.71. The molecular weight excluding hydrogens is 238 g/mol. The van der Waals surface area contributed by atoms with Crippen molar-refractivity contribution in [2.45, 2.75) is 17.7 Å². The number of fused-ring (bicyclic) bond motifs is 3. The van der Waals surface area contributed by atoms with Crippen LogP contribution in [0.1, 0.15) is 22.5 Å². The summed E-state index contributed by atoms with van der Waals surface area (Å²) in [6, 6.07) is 8.53. The Hall–Kier alpha value is -0.760. The van der Waals surface area contributed by atoms with Gasteiger partial charge in [-0.25, -0.2) is 0 Å². The summed E-state index contributed by atoms with van der Waals surface area (Å²) in [4.78, 5) is 3.97. The summed E-state index contributed by atoms with van der Waals surface area (Å²) in [6.07, 6.45) is 4.57. The number of para-hydroxylation sites is 1. The maximum atomic E-state index is 3.70. The summed E-state index contributed by atoms with van der Waals surface area (Å²) >= 11 is 3.70. The summed E-state index contributed by atoms with van der Waals surface area (Å²) in [5, 5.41) is 1.38. The van der Waals surface area contributed by atoms with Crippen LogP contribution in [-0.2, 0) is 6.42 Å². The van der Waals surface area contributed by atoms with Gasteiger partial charge in [0.25, 0.3) is 0 Å². The lowest BCUT2D eigenvalue weighted by Gasteiger charge is -2.16. The highest BCUT2D eigenvalue weighted by molar-refractivity contribution is 9.09. The first-order valence-corrected chi connectivity index (χ1v) is 5.83. The molecule has 1 N–H and O–H groups in total. The number of rotatable bonds is 0. The summed E-state index contributed by atoms with van der Waals surface area (Å²) < 4.78 is 0. The molecule has 1 radical (unpaired) electrons. The number of benzene rings is 1. The second-order valence-corrected chi connectivity index (χ2v) is 4.86. The van der Waals surface area contributed by atoms with Crippen LogP contribution in [-0.4, -0.2) is 4.98 Å². The summed E-state index contributed by atoms with van der Waals surface area (Å²) in [5.74, 6) is 0. The first-order chi connectivity index (χ1) is 6.86. The normalized spacial score (nSPS) is 21.1. The molecule has 0 spiro atoms. The van der Waals surface area contributed by atoms with E-state index in [9.17, 15) is 0 Å². The Balaban J connectivity index is 2.32. The fraction of sp³-hybridized carbons (Fsp3) is 0.250. The number of alkyl halides is 1. The van der Waals surface area contributed by atoms with Crippen molar-refractivity contribution in [3.05, 3.63) is 41.9 Å². The molecule has 0 fully saturated rings. The van der Waals surface area contributed by atoms with E-state index in [1.807, 2.05) is 0 Å². The number of aromatic amines is 1. The predicted molar refractivity (Wildman–Crippen MR) is 62.6 cm³/mol. The van der Waals surface area contributed by atoms with Gasteiger partial charge in [0, 0.05) is 16.6 Å². The molecule has 1 unspecified atom stereocenters. The van der Waals surface area contributed by atoms with Gasteiger partial charge in [-0.1, -0.05) is 34.1 Å². The Morgan fingerprint density at radius 1 is 1.29 bits per heavy atom. The molecule has 0 saturated carbocycles. The van der Waals surface area contributed by atoms with Gasteiger partial charge in [0.2, 0.25) is 0 Å². The number of nitrogens with one attached hydrogen (secondary N) is 1. The predicted octanol–water partition coefficient (Wildman–Crippen LogP) is 3.75. The lowest BCUT2D eigenvalue weighted by atomic mass is 9.96. The standard InChI is InChI=1S/C12H11BrN/c13-10-6-3-5-9-8-4-1-2-7-11(8)14-12(9)10/h1-4,7,10,14H,5-6H2. The van der Waals surface area contributed by atoms with Crippen LogP contribution >= 0.6 is 15.9 Å². The Bertz CT molecular complexity index is 472. The van der Waals surface area contributed by atoms with E-state index in [4.69, 9.17) is 0 Å². The first-order valence-electron chi connectivity index (χ1n) is 4.91. The van der Waals surface area contributed by atoms with Gasteiger partial charge in [0.1, 0.15) is 0 Å². The minimum atomic E-state index is 0.471. The maximum Gasteiger partial charge on any atom is 0.0551 e. The third-order valence-electron chi connectivity index (χ3n) is 2.88. The molecule has 0 amide bonds. The van der Waals surface area contributed by atoms with Gasteiger partial charge in [0.05, 0.1) is 4.83 Å². The Morgan fingerprint density at radius 2 is 2.14 bits per heavy atom. The molecule has 0 aliphatic heterocycles. The highest BCUT2D eigenvalue weighted by Crippen LogP contribution is 2.38. The van der Waals surface area contributed by atoms with Gasteiger partial charge in [-0.3, -0.25) is 0 Å². The van der Waals surface area contributed by atoms with Crippen molar-refractivity contribution in [2.24, 2.45) is 0 Å². The van der Waals surface area contributed by atoms with Crippen molar-refractivity contribution in [2.75, 3.05) is 0 Å². The molecule has 2 aromatic rings. The minimum Gasteiger partial charge on any atom is -0.357 e. The van der Waals surface area contributed by atoms with Crippen LogP contribution < -0.4 is 0 Å². The van der Waals surface area contributed by atoms with Crippen molar-refractivity contribution in [1.82, 2.24) is 4.98 Å². The first kappa shape index (κ1) is 8.54. The zero-order valence-electron chi connectivity index (χ0n) is 7.76. The average molecular weight is 249 g/mol. The lowest BCUT2D eigenvalue weighted by Crippen LogP contribution is -2.03. The van der Waals surface area contributed by atoms with Crippen molar-refractivity contribution < 1.29 is 0 Å². The Morgan fingerprint density at radius 3 is 3.07 bits per heavy atom. The van der Waals surface area contributed by atoms with Gasteiger partial charge in [-0.15, -0.1) is 0 Å². The Kier molecular flexibility index (Phi) is 1.91. The van der Waals surface area contributed by atoms with Crippen LogP contribution in [0.5, 0.6) is 0 Å². The van der Waals surface area contributed by atoms with Crippen LogP contribution in [0.2, 0.25) is 0 Å². The van der Waals surface area contributed by atoms with E-state index in [1.54, 1.807) is 0 Å². The minimum absolute atomic E-state index is 0.471. The maximum absolute atomic E-state index is 3.70. The molecule has 1 heterocycles. The Labute approximate surface area is 91.6 Å². The number of H-pyrrole nitrogens is 1. The summed E-state index contributed by atoms with van der Waals surface area (Å²) in [6.45, 7) is 0. The number of halogens is 1. The third kappa shape index (κ3) is 1.13. The number of hydrogen-bond acceptors (Lipinski definition) is 0. The van der Waals surface area contributed by atoms with E-state index in [0.29, 0.717) is 4.83 Å². The largest absolute Gasteiger partial charge is 0.357 e. The van der Waals surface area contributed by atoms with E-state index in [2.05, 4.69) is 51.6 Å². The second kappa shape index (κ2) is 3.13. The molecule has 1 aliphatic rings. The molecule has 3 rings (SSSR count). The van der Waals surface area contributed by atoms with E-state index in [0.717, 1.165) is 12.8 Å². The van der Waals surface area contributed by atoms with Crippen molar-refractivity contribution in [3.63, 3.8) is 0 Å². The van der Waals surface area contributed by atoms with E-state index in [1.165, 1.54) is 22.2 Å². The van der Waals surface area contributed by atoms with E-state index in [-0.39, 0.29) is 0 Å². The smallest absolute Gasteiger partial charge is 0.0551 e. The molecule has 0 bridgehead atoms. The number of hydrogen-bond donors (Lipinski definition) is 1. The lowest BCUT2D eigenvalue weighted by molar-refractivity contribution is 0.808. The van der Waals surface area contributed by atoms with Crippen molar-refractivity contribution >= 4 is 26.8 Å². The monoisotopic (exact) mass is 248 g/mol. The highest BCUT2D eigenvalue weighted by atomic mass is 79.9. The van der Waals surface area contributed by atoms with Crippen LogP contribution in [0.3, 0.4) is 0 Å². The van der Waals surface area contributed by atoms with Crippen molar-refractivity contribution in [3.8, 4) is 0 Å². The van der Waals surface area contributed by atoms with Gasteiger partial charge in [0.15, 0.2) is 0 Å². The fourth-order valence-electron chi connectivity index (χ4n) is 2.20. The quantitative estimate of drug-likeness (QED) is 0.684. The summed E-state index contributed by atoms with van der Waals surface area (Å²) in [7, 11) is 0. The zero-order chi connectivity index (χ0) is 9.54. The summed E-state index contributed by atoms with van der Waals surface area (Å²) in [5.41, 5.74) is 4.10. The molecule has 71 valence electrons. The van der Waals surface area contributed by atoms with Crippen LogP contribution in [0.15, 0.2) is 24.3 Å². The van der Waals surface area contributed by atoms with Crippen molar-refractivity contribution in [1.29, 1.82) is 0 Å². The topological polar surface area (TPSA) is 15.8 Å². The second-order valence-electron chi connectivity index (χ2n) is 3.76. The molecule has 1 atom stereocenters. The SMILES string of the molecule is BrC1C[CH]Cc2c1[nH]c1ccccc21.